The van der Waals surface area contributed by atoms with Gasteiger partial charge in [0, 0.05) is 11.3 Å². The van der Waals surface area contributed by atoms with Crippen LogP contribution in [0.25, 0.3) is 5.57 Å². The van der Waals surface area contributed by atoms with E-state index in [-0.39, 0.29) is 6.03 Å². The molecule has 0 unspecified atom stereocenters. The van der Waals surface area contributed by atoms with Crippen molar-refractivity contribution >= 4 is 23.5 Å². The molecule has 136 valence electrons. The summed E-state index contributed by atoms with van der Waals surface area (Å²) in [5.41, 5.74) is 4.81. The molecule has 0 spiro atoms. The van der Waals surface area contributed by atoms with Crippen molar-refractivity contribution < 1.29 is 4.79 Å². The molecular formula is C22H27N3O. The van der Waals surface area contributed by atoms with Gasteiger partial charge in [0.2, 0.25) is 0 Å². The van der Waals surface area contributed by atoms with Crippen molar-refractivity contribution in [2.24, 2.45) is 4.99 Å². The average Bonchev–Trinajstić information content (AvgIpc) is 2.61. The van der Waals surface area contributed by atoms with Crippen LogP contribution < -0.4 is 10.6 Å². The van der Waals surface area contributed by atoms with E-state index in [2.05, 4.69) is 28.8 Å². The van der Waals surface area contributed by atoms with Gasteiger partial charge in [-0.3, -0.25) is 4.99 Å². The molecule has 2 amide bonds. The minimum Gasteiger partial charge on any atom is -0.307 e. The first kappa shape index (κ1) is 20.9. The van der Waals surface area contributed by atoms with Crippen molar-refractivity contribution in [3.8, 4) is 0 Å². The summed E-state index contributed by atoms with van der Waals surface area (Å²) in [6, 6.07) is 5.51. The molecule has 26 heavy (non-hydrogen) atoms. The second-order valence-corrected chi connectivity index (χ2v) is 5.69. The third kappa shape index (κ3) is 6.77. The molecule has 0 radical (unpaired) electrons. The second-order valence-electron chi connectivity index (χ2n) is 5.69. The Balaban J connectivity index is 3.00. The van der Waals surface area contributed by atoms with Crippen molar-refractivity contribution in [3.05, 3.63) is 84.3 Å². The summed E-state index contributed by atoms with van der Waals surface area (Å²) in [5, 5.41) is 5.55. The predicted octanol–water partition coefficient (Wildman–Crippen LogP) is 5.77. The summed E-state index contributed by atoms with van der Waals surface area (Å²) in [4.78, 5) is 16.5. The summed E-state index contributed by atoms with van der Waals surface area (Å²) in [5.74, 6) is 0. The lowest BCUT2D eigenvalue weighted by Crippen LogP contribution is -2.28. The molecule has 0 bridgehead atoms. The fourth-order valence-corrected chi connectivity index (χ4v) is 2.07. The Kier molecular flexibility index (Phi) is 8.58. The summed E-state index contributed by atoms with van der Waals surface area (Å²) < 4.78 is 0. The Morgan fingerprint density at radius 2 is 2.00 bits per heavy atom. The molecule has 0 atom stereocenters. The molecule has 2 N–H and O–H groups in total. The number of allylic oxidation sites excluding steroid dienone is 8. The fourth-order valence-electron chi connectivity index (χ4n) is 2.07. The van der Waals surface area contributed by atoms with E-state index in [0.717, 1.165) is 22.4 Å². The van der Waals surface area contributed by atoms with Gasteiger partial charge in [0.05, 0.1) is 17.6 Å². The van der Waals surface area contributed by atoms with Crippen molar-refractivity contribution in [2.75, 3.05) is 5.32 Å². The maximum atomic E-state index is 12.3. The van der Waals surface area contributed by atoms with Gasteiger partial charge in [0.15, 0.2) is 0 Å². The normalized spacial score (nSPS) is 12.5. The number of aliphatic imine (C=N–C) groups is 1. The molecule has 0 aromatic heterocycles. The Morgan fingerprint density at radius 3 is 2.62 bits per heavy atom. The molecule has 1 aromatic carbocycles. The lowest BCUT2D eigenvalue weighted by atomic mass is 10.0. The third-order valence-electron chi connectivity index (χ3n) is 3.54. The van der Waals surface area contributed by atoms with Crippen molar-refractivity contribution in [3.63, 3.8) is 0 Å². The number of hydrogen-bond acceptors (Lipinski definition) is 2. The Hall–Kier alpha value is -3.14. The van der Waals surface area contributed by atoms with Crippen LogP contribution in [0, 0.1) is 6.92 Å². The van der Waals surface area contributed by atoms with Gasteiger partial charge in [-0.2, -0.15) is 0 Å². The molecule has 0 aliphatic rings. The van der Waals surface area contributed by atoms with E-state index >= 15 is 0 Å². The van der Waals surface area contributed by atoms with Crippen LogP contribution in [0.2, 0.25) is 0 Å². The monoisotopic (exact) mass is 349 g/mol. The maximum Gasteiger partial charge on any atom is 0.323 e. The predicted molar refractivity (Wildman–Crippen MR) is 113 cm³/mol. The fraction of sp³-hybridized carbons (Fsp3) is 0.182. The molecular weight excluding hydrogens is 322 g/mol. The topological polar surface area (TPSA) is 53.5 Å². The highest BCUT2D eigenvalue weighted by Crippen LogP contribution is 2.26. The molecule has 0 heterocycles. The number of nitrogens with one attached hydrogen (secondary N) is 2. The average molecular weight is 349 g/mol. The number of anilines is 1. The zero-order chi connectivity index (χ0) is 19.5. The van der Waals surface area contributed by atoms with Crippen molar-refractivity contribution in [1.82, 2.24) is 5.32 Å². The van der Waals surface area contributed by atoms with E-state index in [9.17, 15) is 4.79 Å². The molecule has 1 rings (SSSR count). The summed E-state index contributed by atoms with van der Waals surface area (Å²) >= 11 is 0. The number of hydrogen-bond donors (Lipinski definition) is 2. The van der Waals surface area contributed by atoms with Crippen molar-refractivity contribution in [1.29, 1.82) is 0 Å². The number of urea groups is 1. The van der Waals surface area contributed by atoms with Gasteiger partial charge in [0.25, 0.3) is 0 Å². The highest BCUT2D eigenvalue weighted by Gasteiger charge is 2.09. The third-order valence-corrected chi connectivity index (χ3v) is 3.54. The number of benzene rings is 1. The SMILES string of the molecule is C=C/C(=C\C=C/C)c1ccc(C)cc1NC(=O)NC(=C)C=N/C(C)=C\C. The molecule has 0 fully saturated rings. The molecule has 0 aliphatic carbocycles. The van der Waals surface area contributed by atoms with Crippen LogP contribution in [-0.2, 0) is 0 Å². The van der Waals surface area contributed by atoms with Gasteiger partial charge >= 0.3 is 6.03 Å². The van der Waals surface area contributed by atoms with Gasteiger partial charge < -0.3 is 10.6 Å². The van der Waals surface area contributed by atoms with E-state index in [1.54, 1.807) is 6.08 Å². The Morgan fingerprint density at radius 1 is 1.27 bits per heavy atom. The first-order chi connectivity index (χ1) is 12.4. The maximum absolute atomic E-state index is 12.3. The standard InChI is InChI=1S/C22H27N3O/c1-7-10-11-19(9-3)20-13-12-16(4)14-21(20)25-22(26)24-18(6)15-23-17(5)8-2/h7-15H,3,6H2,1-2,4-5H3,(H2,24,25,26)/b10-7-,17-8-,19-11+,23-15?. The van der Waals surface area contributed by atoms with E-state index < -0.39 is 0 Å². The van der Waals surface area contributed by atoms with Gasteiger partial charge in [-0.1, -0.05) is 55.7 Å². The van der Waals surface area contributed by atoms with E-state index in [4.69, 9.17) is 0 Å². The summed E-state index contributed by atoms with van der Waals surface area (Å²) in [7, 11) is 0. The minimum atomic E-state index is -0.374. The van der Waals surface area contributed by atoms with Crippen LogP contribution in [0.5, 0.6) is 0 Å². The second kappa shape index (κ2) is 10.7. The lowest BCUT2D eigenvalue weighted by Gasteiger charge is -2.13. The van der Waals surface area contributed by atoms with Crippen LogP contribution in [0.3, 0.4) is 0 Å². The molecule has 0 aliphatic heterocycles. The minimum absolute atomic E-state index is 0.374. The van der Waals surface area contributed by atoms with Crippen LogP contribution in [0.1, 0.15) is 31.9 Å². The first-order valence-corrected chi connectivity index (χ1v) is 8.41. The van der Waals surface area contributed by atoms with Gasteiger partial charge in [-0.05, 0) is 44.9 Å². The number of rotatable bonds is 7. The Labute approximate surface area is 156 Å². The quantitative estimate of drug-likeness (QED) is 0.476. The number of amides is 2. The van der Waals surface area contributed by atoms with E-state index in [0.29, 0.717) is 11.4 Å². The summed E-state index contributed by atoms with van der Waals surface area (Å²) in [6.45, 7) is 15.3. The smallest absolute Gasteiger partial charge is 0.307 e. The molecule has 0 saturated heterocycles. The lowest BCUT2D eigenvalue weighted by molar-refractivity contribution is 0.254. The number of nitrogens with zero attached hydrogens (tertiary/aromatic N) is 1. The van der Waals surface area contributed by atoms with Gasteiger partial charge in [-0.15, -0.1) is 0 Å². The molecule has 4 nitrogen and oxygen atoms in total. The van der Waals surface area contributed by atoms with Crippen LogP contribution in [0.15, 0.2) is 78.1 Å². The number of aryl methyl sites for hydroxylation is 1. The zero-order valence-electron chi connectivity index (χ0n) is 16.0. The van der Waals surface area contributed by atoms with Crippen molar-refractivity contribution in [2.45, 2.75) is 27.7 Å². The van der Waals surface area contributed by atoms with Crippen LogP contribution in [0.4, 0.5) is 10.5 Å². The molecule has 4 heteroatoms. The highest BCUT2D eigenvalue weighted by atomic mass is 16.2. The van der Waals surface area contributed by atoms with Gasteiger partial charge in [0.1, 0.15) is 0 Å². The van der Waals surface area contributed by atoms with Crippen LogP contribution >= 0.6 is 0 Å². The summed E-state index contributed by atoms with van der Waals surface area (Å²) in [6.07, 6.45) is 11.0. The highest BCUT2D eigenvalue weighted by molar-refractivity contribution is 5.97. The van der Waals surface area contributed by atoms with Crippen LogP contribution in [-0.4, -0.2) is 12.2 Å². The first-order valence-electron chi connectivity index (χ1n) is 8.41. The van der Waals surface area contributed by atoms with E-state index in [1.807, 2.05) is 70.2 Å². The molecule has 1 aromatic rings. The van der Waals surface area contributed by atoms with E-state index in [1.165, 1.54) is 6.21 Å². The largest absolute Gasteiger partial charge is 0.323 e. The van der Waals surface area contributed by atoms with Gasteiger partial charge in [-0.25, -0.2) is 4.79 Å². The zero-order valence-corrected chi connectivity index (χ0v) is 16.0. The number of carbonyl (C=O) groups excluding carboxylic acids is 1. The Bertz CT molecular complexity index is 796. The number of carbonyl (C=O) groups is 1. The molecule has 0 saturated carbocycles.